The lowest BCUT2D eigenvalue weighted by Gasteiger charge is -2.14. The van der Waals surface area contributed by atoms with Crippen LogP contribution in [0.3, 0.4) is 0 Å². The van der Waals surface area contributed by atoms with E-state index in [1.165, 1.54) is 0 Å². The van der Waals surface area contributed by atoms with E-state index in [9.17, 15) is 4.79 Å². The zero-order valence-electron chi connectivity index (χ0n) is 12.2. The lowest BCUT2D eigenvalue weighted by atomic mass is 10.1. The van der Waals surface area contributed by atoms with E-state index in [4.69, 9.17) is 0 Å². The molecule has 0 saturated carbocycles. The van der Waals surface area contributed by atoms with Gasteiger partial charge in [-0.25, -0.2) is 0 Å². The van der Waals surface area contributed by atoms with E-state index in [2.05, 4.69) is 20.6 Å². The Kier molecular flexibility index (Phi) is 3.98. The molecule has 1 amide bonds. The Morgan fingerprint density at radius 1 is 1.43 bits per heavy atom. The average molecular weight is 288 g/mol. The third kappa shape index (κ3) is 2.81. The zero-order valence-corrected chi connectivity index (χ0v) is 12.2. The van der Waals surface area contributed by atoms with Crippen LogP contribution in [0, 0.1) is 0 Å². The maximum Gasteiger partial charge on any atom is 0.254 e. The molecule has 0 spiro atoms. The van der Waals surface area contributed by atoms with Gasteiger partial charge in [0, 0.05) is 26.1 Å². The number of hydrogen-bond acceptors (Lipinski definition) is 4. The number of rotatable bonds is 5. The molecule has 1 aliphatic rings. The summed E-state index contributed by atoms with van der Waals surface area (Å²) in [6, 6.07) is 0. The first-order valence-corrected chi connectivity index (χ1v) is 7.49. The summed E-state index contributed by atoms with van der Waals surface area (Å²) < 4.78 is 3.93. The van der Waals surface area contributed by atoms with Crippen molar-refractivity contribution in [3.05, 3.63) is 29.6 Å². The van der Waals surface area contributed by atoms with E-state index in [1.54, 1.807) is 12.5 Å². The van der Waals surface area contributed by atoms with E-state index in [0.717, 1.165) is 43.9 Å². The minimum Gasteiger partial charge on any atom is -0.351 e. The highest BCUT2D eigenvalue weighted by molar-refractivity contribution is 5.95. The average Bonchev–Trinajstić information content (AvgIpc) is 3.13. The summed E-state index contributed by atoms with van der Waals surface area (Å²) in [6.45, 7) is 4.36. The number of nitrogens with zero attached hydrogens (tertiary/aromatic N) is 5. The molecule has 0 aliphatic carbocycles. The fraction of sp³-hybridized carbons (Fsp3) is 0.571. The van der Waals surface area contributed by atoms with E-state index >= 15 is 0 Å². The number of aromatic nitrogens is 5. The zero-order chi connectivity index (χ0) is 14.7. The molecule has 0 radical (unpaired) electrons. The molecule has 3 heterocycles. The molecule has 0 atom stereocenters. The molecule has 1 N–H and O–H groups in total. The quantitative estimate of drug-likeness (QED) is 0.883. The summed E-state index contributed by atoms with van der Waals surface area (Å²) in [5.41, 5.74) is 1.78. The van der Waals surface area contributed by atoms with E-state index in [0.29, 0.717) is 18.5 Å². The molecular formula is C14H20N6O. The first kappa shape index (κ1) is 13.8. The fourth-order valence-electron chi connectivity index (χ4n) is 2.73. The standard InChI is InChI=1S/C14H20N6O/c1-2-19-10-16-18-13(19)6-7-15-14(21)11-9-17-20-8-4-3-5-12(11)20/h9-10H,2-8H2,1H3,(H,15,21). The molecule has 7 heteroatoms. The summed E-state index contributed by atoms with van der Waals surface area (Å²) in [5.74, 6) is 0.857. The highest BCUT2D eigenvalue weighted by Crippen LogP contribution is 2.17. The number of amides is 1. The number of hydrogen-bond donors (Lipinski definition) is 1. The Balaban J connectivity index is 1.58. The predicted octanol–water partition coefficient (Wildman–Crippen LogP) is 0.803. The second-order valence-corrected chi connectivity index (χ2v) is 5.22. The third-order valence-electron chi connectivity index (χ3n) is 3.90. The van der Waals surface area contributed by atoms with Gasteiger partial charge in [-0.1, -0.05) is 0 Å². The largest absolute Gasteiger partial charge is 0.351 e. The topological polar surface area (TPSA) is 77.6 Å². The van der Waals surface area contributed by atoms with Crippen molar-refractivity contribution in [1.82, 2.24) is 29.9 Å². The molecule has 7 nitrogen and oxygen atoms in total. The Bertz CT molecular complexity index is 629. The first-order valence-electron chi connectivity index (χ1n) is 7.49. The van der Waals surface area contributed by atoms with Crippen molar-refractivity contribution in [1.29, 1.82) is 0 Å². The van der Waals surface area contributed by atoms with Gasteiger partial charge in [-0.15, -0.1) is 10.2 Å². The van der Waals surface area contributed by atoms with Crippen LogP contribution in [0.2, 0.25) is 0 Å². The SMILES string of the molecule is CCn1cnnc1CCNC(=O)c1cnn2c1CCCC2. The smallest absolute Gasteiger partial charge is 0.254 e. The fourth-order valence-corrected chi connectivity index (χ4v) is 2.73. The van der Waals surface area contributed by atoms with Crippen LogP contribution < -0.4 is 5.32 Å². The van der Waals surface area contributed by atoms with Crippen LogP contribution in [0.15, 0.2) is 12.5 Å². The lowest BCUT2D eigenvalue weighted by Crippen LogP contribution is -2.27. The highest BCUT2D eigenvalue weighted by Gasteiger charge is 2.19. The van der Waals surface area contributed by atoms with Crippen molar-refractivity contribution < 1.29 is 4.79 Å². The van der Waals surface area contributed by atoms with Gasteiger partial charge in [0.2, 0.25) is 0 Å². The van der Waals surface area contributed by atoms with Crippen molar-refractivity contribution in [2.75, 3.05) is 6.54 Å². The number of aryl methyl sites for hydroxylation is 2. The molecule has 0 aromatic carbocycles. The van der Waals surface area contributed by atoms with Crippen molar-refractivity contribution in [3.63, 3.8) is 0 Å². The summed E-state index contributed by atoms with van der Waals surface area (Å²) in [7, 11) is 0. The van der Waals surface area contributed by atoms with Crippen LogP contribution in [0.4, 0.5) is 0 Å². The van der Waals surface area contributed by atoms with E-state index < -0.39 is 0 Å². The predicted molar refractivity (Wildman–Crippen MR) is 76.9 cm³/mol. The minimum absolute atomic E-state index is 0.0410. The van der Waals surface area contributed by atoms with Gasteiger partial charge in [0.15, 0.2) is 0 Å². The second-order valence-electron chi connectivity index (χ2n) is 5.22. The lowest BCUT2D eigenvalue weighted by molar-refractivity contribution is 0.0952. The monoisotopic (exact) mass is 288 g/mol. The van der Waals surface area contributed by atoms with Gasteiger partial charge in [0.25, 0.3) is 5.91 Å². The number of nitrogens with one attached hydrogen (secondary N) is 1. The summed E-state index contributed by atoms with van der Waals surface area (Å²) >= 11 is 0. The van der Waals surface area contributed by atoms with Gasteiger partial charge in [-0.05, 0) is 26.2 Å². The summed E-state index contributed by atoms with van der Waals surface area (Å²) in [4.78, 5) is 12.3. The molecule has 1 aliphatic heterocycles. The van der Waals surface area contributed by atoms with Gasteiger partial charge in [0.1, 0.15) is 12.2 Å². The summed E-state index contributed by atoms with van der Waals surface area (Å²) in [5, 5.41) is 15.2. The van der Waals surface area contributed by atoms with Crippen LogP contribution >= 0.6 is 0 Å². The normalized spacial score (nSPS) is 14.0. The molecule has 0 unspecified atom stereocenters. The summed E-state index contributed by atoms with van der Waals surface area (Å²) in [6.07, 6.45) is 7.29. The Morgan fingerprint density at radius 2 is 2.33 bits per heavy atom. The Labute approximate surface area is 123 Å². The third-order valence-corrected chi connectivity index (χ3v) is 3.90. The molecule has 0 fully saturated rings. The molecule has 0 saturated heterocycles. The number of carbonyl (C=O) groups excluding carboxylic acids is 1. The van der Waals surface area contributed by atoms with Crippen molar-refractivity contribution in [2.24, 2.45) is 0 Å². The Hall–Kier alpha value is -2.18. The maximum absolute atomic E-state index is 12.3. The molecule has 3 rings (SSSR count). The van der Waals surface area contributed by atoms with E-state index in [-0.39, 0.29) is 5.91 Å². The van der Waals surface area contributed by atoms with Gasteiger partial charge < -0.3 is 9.88 Å². The van der Waals surface area contributed by atoms with Crippen LogP contribution in [0.1, 0.15) is 41.6 Å². The first-order chi connectivity index (χ1) is 10.3. The number of fused-ring (bicyclic) bond motifs is 1. The molecule has 2 aromatic heterocycles. The highest BCUT2D eigenvalue weighted by atomic mass is 16.1. The molecule has 112 valence electrons. The van der Waals surface area contributed by atoms with Gasteiger partial charge in [0.05, 0.1) is 17.5 Å². The maximum atomic E-state index is 12.3. The van der Waals surface area contributed by atoms with Crippen molar-refractivity contribution in [3.8, 4) is 0 Å². The van der Waals surface area contributed by atoms with Gasteiger partial charge in [-0.2, -0.15) is 5.10 Å². The van der Waals surface area contributed by atoms with Crippen molar-refractivity contribution >= 4 is 5.91 Å². The van der Waals surface area contributed by atoms with Crippen LogP contribution in [0.5, 0.6) is 0 Å². The molecule has 2 aromatic rings. The van der Waals surface area contributed by atoms with E-state index in [1.807, 2.05) is 16.2 Å². The second kappa shape index (κ2) is 6.07. The van der Waals surface area contributed by atoms with Crippen LogP contribution in [0.25, 0.3) is 0 Å². The Morgan fingerprint density at radius 3 is 3.19 bits per heavy atom. The minimum atomic E-state index is -0.0410. The van der Waals surface area contributed by atoms with Crippen molar-refractivity contribution in [2.45, 2.75) is 45.7 Å². The molecular weight excluding hydrogens is 268 g/mol. The molecule has 0 bridgehead atoms. The molecule has 21 heavy (non-hydrogen) atoms. The number of carbonyl (C=O) groups is 1. The van der Waals surface area contributed by atoms with Crippen LogP contribution in [-0.2, 0) is 25.9 Å². The van der Waals surface area contributed by atoms with Crippen LogP contribution in [-0.4, -0.2) is 37.0 Å². The van der Waals surface area contributed by atoms with Gasteiger partial charge >= 0.3 is 0 Å². The van der Waals surface area contributed by atoms with Gasteiger partial charge in [-0.3, -0.25) is 9.48 Å².